The number of nitrogen functional groups attached to an aromatic ring is 1. The second-order valence-corrected chi connectivity index (χ2v) is 4.33. The Morgan fingerprint density at radius 3 is 2.78 bits per heavy atom. The molecule has 0 fully saturated rings. The van der Waals surface area contributed by atoms with E-state index in [1.54, 1.807) is 4.68 Å². The second kappa shape index (κ2) is 5.03. The van der Waals surface area contributed by atoms with Gasteiger partial charge in [-0.25, -0.2) is 9.97 Å². The predicted molar refractivity (Wildman–Crippen MR) is 71.3 cm³/mol. The highest BCUT2D eigenvalue weighted by molar-refractivity contribution is 5.54. The Labute approximate surface area is 106 Å². The standard InChI is InChI=1S/C12H18N6/c1-8-11(13)16-9(2)17-12(8)14-5-4-10-6-15-18(3)7-10/h6-7H,4-5H2,1-3H3,(H3,13,14,16,17). The normalized spacial score (nSPS) is 10.6. The van der Waals surface area contributed by atoms with E-state index < -0.39 is 0 Å². The second-order valence-electron chi connectivity index (χ2n) is 4.33. The molecule has 0 aliphatic heterocycles. The highest BCUT2D eigenvalue weighted by atomic mass is 15.2. The van der Waals surface area contributed by atoms with Gasteiger partial charge in [-0.05, 0) is 25.8 Å². The van der Waals surface area contributed by atoms with Crippen molar-refractivity contribution in [3.05, 3.63) is 29.3 Å². The molecule has 0 spiro atoms. The van der Waals surface area contributed by atoms with Crippen LogP contribution >= 0.6 is 0 Å². The van der Waals surface area contributed by atoms with Gasteiger partial charge in [0.15, 0.2) is 0 Å². The zero-order chi connectivity index (χ0) is 13.1. The van der Waals surface area contributed by atoms with E-state index in [0.29, 0.717) is 11.6 Å². The van der Waals surface area contributed by atoms with Crippen LogP contribution in [0.15, 0.2) is 12.4 Å². The lowest BCUT2D eigenvalue weighted by atomic mass is 10.2. The van der Waals surface area contributed by atoms with Crippen LogP contribution in [-0.4, -0.2) is 26.3 Å². The predicted octanol–water partition coefficient (Wildman–Crippen LogP) is 1.06. The summed E-state index contributed by atoms with van der Waals surface area (Å²) in [7, 11) is 1.91. The minimum absolute atomic E-state index is 0.534. The van der Waals surface area contributed by atoms with Crippen molar-refractivity contribution >= 4 is 11.6 Å². The number of aryl methyl sites for hydroxylation is 2. The van der Waals surface area contributed by atoms with Crippen LogP contribution in [0.4, 0.5) is 11.6 Å². The minimum Gasteiger partial charge on any atom is -0.383 e. The van der Waals surface area contributed by atoms with E-state index in [4.69, 9.17) is 5.73 Å². The average Bonchev–Trinajstić information content (AvgIpc) is 2.71. The number of nitrogens with one attached hydrogen (secondary N) is 1. The minimum atomic E-state index is 0.534. The Morgan fingerprint density at radius 2 is 2.11 bits per heavy atom. The molecule has 2 rings (SSSR count). The third kappa shape index (κ3) is 2.77. The summed E-state index contributed by atoms with van der Waals surface area (Å²) in [5.74, 6) is 2.03. The van der Waals surface area contributed by atoms with Gasteiger partial charge in [-0.1, -0.05) is 0 Å². The molecule has 0 aliphatic carbocycles. The molecule has 0 aromatic carbocycles. The van der Waals surface area contributed by atoms with Crippen LogP contribution in [0, 0.1) is 13.8 Å². The summed E-state index contributed by atoms with van der Waals surface area (Å²) in [6, 6.07) is 0. The molecule has 2 aromatic heterocycles. The van der Waals surface area contributed by atoms with Crippen LogP contribution in [-0.2, 0) is 13.5 Å². The molecule has 2 aromatic rings. The third-order valence-corrected chi connectivity index (χ3v) is 2.76. The molecule has 6 heteroatoms. The van der Waals surface area contributed by atoms with Crippen LogP contribution in [0.1, 0.15) is 17.0 Å². The number of nitrogens with zero attached hydrogens (tertiary/aromatic N) is 4. The van der Waals surface area contributed by atoms with Gasteiger partial charge in [0.2, 0.25) is 0 Å². The largest absolute Gasteiger partial charge is 0.383 e. The van der Waals surface area contributed by atoms with Crippen LogP contribution in [0.5, 0.6) is 0 Å². The van der Waals surface area contributed by atoms with E-state index in [-0.39, 0.29) is 0 Å². The fraction of sp³-hybridized carbons (Fsp3) is 0.417. The van der Waals surface area contributed by atoms with Gasteiger partial charge in [0.25, 0.3) is 0 Å². The van der Waals surface area contributed by atoms with Gasteiger partial charge in [0, 0.05) is 25.4 Å². The van der Waals surface area contributed by atoms with Gasteiger partial charge >= 0.3 is 0 Å². The summed E-state index contributed by atoms with van der Waals surface area (Å²) < 4.78 is 1.80. The molecule has 96 valence electrons. The Bertz CT molecular complexity index is 545. The maximum Gasteiger partial charge on any atom is 0.134 e. The van der Waals surface area contributed by atoms with Crippen LogP contribution < -0.4 is 11.1 Å². The fourth-order valence-corrected chi connectivity index (χ4v) is 1.75. The molecular weight excluding hydrogens is 228 g/mol. The summed E-state index contributed by atoms with van der Waals surface area (Å²) in [4.78, 5) is 8.46. The first kappa shape index (κ1) is 12.3. The molecule has 0 saturated carbocycles. The Balaban J connectivity index is 1.98. The summed E-state index contributed by atoms with van der Waals surface area (Å²) >= 11 is 0. The van der Waals surface area contributed by atoms with E-state index in [1.807, 2.05) is 33.3 Å². The van der Waals surface area contributed by atoms with Crippen molar-refractivity contribution in [1.82, 2.24) is 19.7 Å². The van der Waals surface area contributed by atoms with E-state index >= 15 is 0 Å². The quantitative estimate of drug-likeness (QED) is 0.843. The Morgan fingerprint density at radius 1 is 1.33 bits per heavy atom. The lowest BCUT2D eigenvalue weighted by Crippen LogP contribution is -2.10. The van der Waals surface area contributed by atoms with Crippen molar-refractivity contribution in [3.63, 3.8) is 0 Å². The fourth-order valence-electron chi connectivity index (χ4n) is 1.75. The zero-order valence-electron chi connectivity index (χ0n) is 10.9. The number of hydrogen-bond donors (Lipinski definition) is 2. The van der Waals surface area contributed by atoms with Gasteiger partial charge in [-0.15, -0.1) is 0 Å². The maximum absolute atomic E-state index is 5.80. The Kier molecular flexibility index (Phi) is 3.45. The number of hydrogen-bond acceptors (Lipinski definition) is 5. The first-order valence-corrected chi connectivity index (χ1v) is 5.88. The van der Waals surface area contributed by atoms with Crippen LogP contribution in [0.3, 0.4) is 0 Å². The monoisotopic (exact) mass is 246 g/mol. The molecule has 0 amide bonds. The number of nitrogens with two attached hydrogens (primary N) is 1. The van der Waals surface area contributed by atoms with Crippen molar-refractivity contribution in [2.24, 2.45) is 7.05 Å². The molecule has 0 atom stereocenters. The molecule has 0 aliphatic rings. The van der Waals surface area contributed by atoms with Crippen molar-refractivity contribution in [1.29, 1.82) is 0 Å². The highest BCUT2D eigenvalue weighted by Crippen LogP contribution is 2.16. The number of rotatable bonds is 4. The molecular formula is C12H18N6. The van der Waals surface area contributed by atoms with Crippen molar-refractivity contribution in [2.45, 2.75) is 20.3 Å². The summed E-state index contributed by atoms with van der Waals surface area (Å²) in [5.41, 5.74) is 7.89. The lowest BCUT2D eigenvalue weighted by Gasteiger charge is -2.10. The zero-order valence-corrected chi connectivity index (χ0v) is 10.9. The molecule has 18 heavy (non-hydrogen) atoms. The van der Waals surface area contributed by atoms with Gasteiger partial charge in [-0.2, -0.15) is 5.10 Å². The van der Waals surface area contributed by atoms with Gasteiger partial charge in [0.05, 0.1) is 6.20 Å². The van der Waals surface area contributed by atoms with Crippen molar-refractivity contribution < 1.29 is 0 Å². The first-order chi connectivity index (χ1) is 8.56. The average molecular weight is 246 g/mol. The third-order valence-electron chi connectivity index (χ3n) is 2.76. The molecule has 0 radical (unpaired) electrons. The maximum atomic E-state index is 5.80. The summed E-state index contributed by atoms with van der Waals surface area (Å²) in [6.07, 6.45) is 4.78. The summed E-state index contributed by atoms with van der Waals surface area (Å²) in [6.45, 7) is 4.55. The molecule has 0 unspecified atom stereocenters. The molecule has 2 heterocycles. The van der Waals surface area contributed by atoms with Gasteiger partial charge < -0.3 is 11.1 Å². The van der Waals surface area contributed by atoms with E-state index in [0.717, 1.165) is 24.3 Å². The van der Waals surface area contributed by atoms with E-state index in [9.17, 15) is 0 Å². The topological polar surface area (TPSA) is 81.6 Å². The Hall–Kier alpha value is -2.11. The van der Waals surface area contributed by atoms with E-state index in [1.165, 1.54) is 5.56 Å². The van der Waals surface area contributed by atoms with Crippen molar-refractivity contribution in [2.75, 3.05) is 17.6 Å². The number of anilines is 2. The highest BCUT2D eigenvalue weighted by Gasteiger charge is 2.06. The van der Waals surface area contributed by atoms with Crippen LogP contribution in [0.2, 0.25) is 0 Å². The van der Waals surface area contributed by atoms with E-state index in [2.05, 4.69) is 20.4 Å². The molecule has 0 saturated heterocycles. The van der Waals surface area contributed by atoms with Crippen molar-refractivity contribution in [3.8, 4) is 0 Å². The van der Waals surface area contributed by atoms with Crippen LogP contribution in [0.25, 0.3) is 0 Å². The SMILES string of the molecule is Cc1nc(N)c(C)c(NCCc2cnn(C)c2)n1. The smallest absolute Gasteiger partial charge is 0.134 e. The first-order valence-electron chi connectivity index (χ1n) is 5.88. The molecule has 0 bridgehead atoms. The molecule has 3 N–H and O–H groups in total. The summed E-state index contributed by atoms with van der Waals surface area (Å²) in [5, 5.41) is 7.42. The van der Waals surface area contributed by atoms with Gasteiger partial charge in [0.1, 0.15) is 17.5 Å². The lowest BCUT2D eigenvalue weighted by molar-refractivity contribution is 0.766. The molecule has 6 nitrogen and oxygen atoms in total. The number of aromatic nitrogens is 4. The van der Waals surface area contributed by atoms with Gasteiger partial charge in [-0.3, -0.25) is 4.68 Å².